The summed E-state index contributed by atoms with van der Waals surface area (Å²) in [5.41, 5.74) is 5.73. The molecule has 0 radical (unpaired) electrons. The molecule has 6 nitrogen and oxygen atoms in total. The van der Waals surface area contributed by atoms with Crippen molar-refractivity contribution in [2.24, 2.45) is 0 Å². The number of anilines is 2. The van der Waals surface area contributed by atoms with E-state index in [-0.39, 0.29) is 23.9 Å². The van der Waals surface area contributed by atoms with Gasteiger partial charge in [-0.15, -0.1) is 0 Å². The van der Waals surface area contributed by atoms with Gasteiger partial charge in [-0.25, -0.2) is 4.98 Å². The molecule has 0 bridgehead atoms. The maximum Gasteiger partial charge on any atom is 0.267 e. The van der Waals surface area contributed by atoms with Gasteiger partial charge in [0.2, 0.25) is 0 Å². The predicted molar refractivity (Wildman–Crippen MR) is 87.8 cm³/mol. The highest BCUT2D eigenvalue weighted by Crippen LogP contribution is 2.28. The van der Waals surface area contributed by atoms with Gasteiger partial charge in [-0.05, 0) is 27.2 Å². The molecule has 0 aliphatic rings. The van der Waals surface area contributed by atoms with E-state index in [0.29, 0.717) is 23.1 Å². The van der Waals surface area contributed by atoms with E-state index in [0.717, 1.165) is 12.8 Å². The van der Waals surface area contributed by atoms with Gasteiger partial charge in [0, 0.05) is 18.6 Å². The second kappa shape index (κ2) is 7.61. The van der Waals surface area contributed by atoms with E-state index in [1.807, 2.05) is 20.8 Å². The zero-order valence-corrected chi connectivity index (χ0v) is 14.1. The third kappa shape index (κ3) is 5.51. The average molecular weight is 314 g/mol. The van der Waals surface area contributed by atoms with Crippen LogP contribution in [0.1, 0.15) is 50.2 Å². The number of hydrogen-bond acceptors (Lipinski definition) is 6. The summed E-state index contributed by atoms with van der Waals surface area (Å²) in [7, 11) is 0. The Kier molecular flexibility index (Phi) is 6.42. The number of aromatic nitrogens is 1. The Morgan fingerprint density at radius 2 is 2.10 bits per heavy atom. The normalized spacial score (nSPS) is 11.5. The molecule has 1 amide bonds. The molecule has 1 rings (SSSR count). The number of carbonyl (C=O) groups excluding carboxylic acids is 1. The van der Waals surface area contributed by atoms with Crippen molar-refractivity contribution >= 4 is 28.2 Å². The van der Waals surface area contributed by atoms with Crippen LogP contribution in [-0.2, 0) is 0 Å². The summed E-state index contributed by atoms with van der Waals surface area (Å²) in [6.45, 7) is 9.00. The highest BCUT2D eigenvalue weighted by molar-refractivity contribution is 7.18. The molecular formula is C14H26N4O2S. The molecule has 1 heterocycles. The van der Waals surface area contributed by atoms with E-state index >= 15 is 0 Å². The van der Waals surface area contributed by atoms with Crippen molar-refractivity contribution < 1.29 is 9.90 Å². The van der Waals surface area contributed by atoms with Crippen molar-refractivity contribution in [1.82, 2.24) is 9.88 Å². The van der Waals surface area contributed by atoms with Crippen molar-refractivity contribution in [3.05, 3.63) is 4.88 Å². The van der Waals surface area contributed by atoms with E-state index in [2.05, 4.69) is 17.2 Å². The van der Waals surface area contributed by atoms with Gasteiger partial charge in [-0.3, -0.25) is 4.79 Å². The second-order valence-electron chi connectivity index (χ2n) is 5.98. The van der Waals surface area contributed by atoms with Gasteiger partial charge in [0.1, 0.15) is 10.7 Å². The molecule has 0 spiro atoms. The molecule has 1 aromatic rings. The molecule has 0 fully saturated rings. The molecule has 4 N–H and O–H groups in total. The van der Waals surface area contributed by atoms with E-state index in [4.69, 9.17) is 10.8 Å². The lowest BCUT2D eigenvalue weighted by Crippen LogP contribution is -2.34. The number of nitrogen functional groups attached to an aromatic ring is 1. The number of aliphatic hydroxyl groups excluding tert-OH is 1. The summed E-state index contributed by atoms with van der Waals surface area (Å²) < 4.78 is 0. The smallest absolute Gasteiger partial charge is 0.267 e. The van der Waals surface area contributed by atoms with Gasteiger partial charge in [0.05, 0.1) is 6.61 Å². The van der Waals surface area contributed by atoms with Crippen LogP contribution in [-0.4, -0.2) is 46.1 Å². The van der Waals surface area contributed by atoms with Gasteiger partial charge in [-0.2, -0.15) is 0 Å². The number of thiazole rings is 1. The zero-order chi connectivity index (χ0) is 16.0. The van der Waals surface area contributed by atoms with Gasteiger partial charge >= 0.3 is 0 Å². The molecule has 0 saturated heterocycles. The summed E-state index contributed by atoms with van der Waals surface area (Å²) in [5, 5.41) is 13.0. The first-order chi connectivity index (χ1) is 9.78. The minimum Gasteiger partial charge on any atom is -0.395 e. The Morgan fingerprint density at radius 1 is 1.43 bits per heavy atom. The quantitative estimate of drug-likeness (QED) is 0.717. The number of carbonyl (C=O) groups is 1. The van der Waals surface area contributed by atoms with Crippen molar-refractivity contribution in [3.63, 3.8) is 0 Å². The molecule has 0 unspecified atom stereocenters. The van der Waals surface area contributed by atoms with Crippen LogP contribution in [0.15, 0.2) is 0 Å². The molecule has 0 saturated carbocycles. The van der Waals surface area contributed by atoms with Crippen molar-refractivity contribution in [1.29, 1.82) is 0 Å². The first-order valence-corrected chi connectivity index (χ1v) is 8.04. The first kappa shape index (κ1) is 17.7. The Hall–Kier alpha value is -1.34. The third-order valence-corrected chi connectivity index (χ3v) is 3.74. The van der Waals surface area contributed by atoms with Crippen LogP contribution in [0, 0.1) is 0 Å². The van der Waals surface area contributed by atoms with Crippen LogP contribution in [0.3, 0.4) is 0 Å². The number of nitrogens with zero attached hydrogens (tertiary/aromatic N) is 2. The Bertz CT molecular complexity index is 468. The van der Waals surface area contributed by atoms with Gasteiger partial charge < -0.3 is 21.1 Å². The summed E-state index contributed by atoms with van der Waals surface area (Å²) in [4.78, 5) is 18.8. The SMILES string of the molecule is CCCCN(CCO)C(=O)c1sc(NC(C)(C)C)nc1N. The molecule has 21 heavy (non-hydrogen) atoms. The number of nitrogens with two attached hydrogens (primary N) is 1. The largest absolute Gasteiger partial charge is 0.395 e. The fourth-order valence-corrected chi connectivity index (χ4v) is 2.85. The lowest BCUT2D eigenvalue weighted by molar-refractivity contribution is 0.0725. The molecular weight excluding hydrogens is 288 g/mol. The van der Waals surface area contributed by atoms with E-state index in [9.17, 15) is 4.79 Å². The van der Waals surface area contributed by atoms with E-state index in [1.165, 1.54) is 11.3 Å². The second-order valence-corrected chi connectivity index (χ2v) is 6.98. The van der Waals surface area contributed by atoms with Gasteiger partial charge in [-0.1, -0.05) is 24.7 Å². The van der Waals surface area contributed by atoms with Crippen LogP contribution < -0.4 is 11.1 Å². The molecule has 120 valence electrons. The fourth-order valence-electron chi connectivity index (χ4n) is 1.79. The number of hydrogen-bond donors (Lipinski definition) is 3. The lowest BCUT2D eigenvalue weighted by Gasteiger charge is -2.21. The monoisotopic (exact) mass is 314 g/mol. The summed E-state index contributed by atoms with van der Waals surface area (Å²) >= 11 is 1.26. The van der Waals surface area contributed by atoms with Crippen LogP contribution in [0.25, 0.3) is 0 Å². The summed E-state index contributed by atoms with van der Waals surface area (Å²) in [6, 6.07) is 0. The van der Waals surface area contributed by atoms with E-state index < -0.39 is 0 Å². The molecule has 1 aromatic heterocycles. The van der Waals surface area contributed by atoms with Crippen molar-refractivity contribution in [3.8, 4) is 0 Å². The molecule has 7 heteroatoms. The number of amides is 1. The zero-order valence-electron chi connectivity index (χ0n) is 13.3. The minimum atomic E-state index is -0.158. The molecule has 0 atom stereocenters. The summed E-state index contributed by atoms with van der Waals surface area (Å²) in [6.07, 6.45) is 1.89. The predicted octanol–water partition coefficient (Wildman–Crippen LogP) is 2.17. The topological polar surface area (TPSA) is 91.5 Å². The Morgan fingerprint density at radius 3 is 2.62 bits per heavy atom. The van der Waals surface area contributed by atoms with Crippen LogP contribution >= 0.6 is 11.3 Å². The fraction of sp³-hybridized carbons (Fsp3) is 0.714. The number of rotatable bonds is 7. The highest BCUT2D eigenvalue weighted by atomic mass is 32.1. The standard InChI is InChI=1S/C14H26N4O2S/c1-5-6-7-18(8-9-19)12(20)10-11(15)16-13(21-10)17-14(2,3)4/h19H,5-9,15H2,1-4H3,(H,16,17). The minimum absolute atomic E-state index is 0.0543. The number of nitrogens with one attached hydrogen (secondary N) is 1. The first-order valence-electron chi connectivity index (χ1n) is 7.23. The third-order valence-electron chi connectivity index (χ3n) is 2.77. The van der Waals surface area contributed by atoms with Crippen LogP contribution in [0.4, 0.5) is 10.9 Å². The maximum atomic E-state index is 12.5. The molecule has 0 aromatic carbocycles. The van der Waals surface area contributed by atoms with Crippen LogP contribution in [0.5, 0.6) is 0 Å². The number of aliphatic hydroxyl groups is 1. The van der Waals surface area contributed by atoms with Crippen LogP contribution in [0.2, 0.25) is 0 Å². The number of unbranched alkanes of at least 4 members (excludes halogenated alkanes) is 1. The highest BCUT2D eigenvalue weighted by Gasteiger charge is 2.23. The Labute approximate surface area is 130 Å². The van der Waals surface area contributed by atoms with Crippen molar-refractivity contribution in [2.75, 3.05) is 30.7 Å². The van der Waals surface area contributed by atoms with E-state index in [1.54, 1.807) is 4.90 Å². The van der Waals surface area contributed by atoms with Crippen molar-refractivity contribution in [2.45, 2.75) is 46.1 Å². The lowest BCUT2D eigenvalue weighted by atomic mass is 10.1. The van der Waals surface area contributed by atoms with Gasteiger partial charge in [0.25, 0.3) is 5.91 Å². The molecule has 0 aliphatic carbocycles. The Balaban J connectivity index is 2.89. The average Bonchev–Trinajstić information content (AvgIpc) is 2.72. The summed E-state index contributed by atoms with van der Waals surface area (Å²) in [5.74, 6) is 0.0886. The molecule has 0 aliphatic heterocycles. The van der Waals surface area contributed by atoms with Gasteiger partial charge in [0.15, 0.2) is 5.13 Å². The maximum absolute atomic E-state index is 12.5.